The van der Waals surface area contributed by atoms with Gasteiger partial charge in [-0.3, -0.25) is 4.79 Å². The third-order valence-electron chi connectivity index (χ3n) is 3.99. The lowest BCUT2D eigenvalue weighted by molar-refractivity contribution is -0.117. The molecule has 1 aromatic carbocycles. The van der Waals surface area contributed by atoms with Crippen LogP contribution in [-0.4, -0.2) is 24.6 Å². The zero-order valence-corrected chi connectivity index (χ0v) is 14.5. The molecule has 7 heteroatoms. The molecular formula is C16H18N2O3S2. The summed E-state index contributed by atoms with van der Waals surface area (Å²) in [6.45, 7) is 0. The average molecular weight is 350 g/mol. The molecule has 1 aliphatic rings. The molecule has 0 N–H and O–H groups in total. The molecule has 0 bridgehead atoms. The molecule has 0 aliphatic heterocycles. The number of benzene rings is 1. The van der Waals surface area contributed by atoms with Gasteiger partial charge in [-0.15, -0.1) is 11.3 Å². The van der Waals surface area contributed by atoms with Gasteiger partial charge >= 0.3 is 0 Å². The first-order valence-electron chi connectivity index (χ1n) is 7.48. The van der Waals surface area contributed by atoms with E-state index in [0.717, 1.165) is 24.8 Å². The largest absolute Gasteiger partial charge is 0.327 e. The number of carbonyl (C=O) groups is 1. The molecule has 5 nitrogen and oxygen atoms in total. The quantitative estimate of drug-likeness (QED) is 0.845. The maximum Gasteiger partial charge on any atom is 0.249 e. The molecule has 122 valence electrons. The fourth-order valence-electron chi connectivity index (χ4n) is 2.68. The number of fused-ring (bicyclic) bond motifs is 1. The van der Waals surface area contributed by atoms with Crippen LogP contribution in [0.4, 0.5) is 0 Å². The number of amides is 1. The fourth-order valence-corrected chi connectivity index (χ4v) is 4.70. The summed E-state index contributed by atoms with van der Waals surface area (Å²) in [6, 6.07) is 5.31. The zero-order chi connectivity index (χ0) is 16.4. The molecule has 0 saturated carbocycles. The monoisotopic (exact) mass is 350 g/mol. The molecule has 0 fully saturated rings. The SMILES string of the molecule is Cn1ccsc1=NC(=O)CCS(=O)(=O)c1ccc2c(c1)CCC2. The van der Waals surface area contributed by atoms with Crippen molar-refractivity contribution in [3.05, 3.63) is 45.7 Å². The highest BCUT2D eigenvalue weighted by Gasteiger charge is 2.19. The molecule has 23 heavy (non-hydrogen) atoms. The van der Waals surface area contributed by atoms with E-state index in [2.05, 4.69) is 4.99 Å². The van der Waals surface area contributed by atoms with Gasteiger partial charge in [-0.2, -0.15) is 4.99 Å². The van der Waals surface area contributed by atoms with Crippen LogP contribution in [0.2, 0.25) is 0 Å². The molecule has 0 saturated heterocycles. The molecule has 2 aromatic rings. The van der Waals surface area contributed by atoms with Crippen LogP contribution in [0.3, 0.4) is 0 Å². The summed E-state index contributed by atoms with van der Waals surface area (Å²) < 4.78 is 26.6. The molecule has 0 spiro atoms. The molecule has 3 rings (SSSR count). The van der Waals surface area contributed by atoms with Crippen LogP contribution in [0.1, 0.15) is 24.0 Å². The molecule has 0 unspecified atom stereocenters. The van der Waals surface area contributed by atoms with E-state index >= 15 is 0 Å². The second kappa shape index (κ2) is 6.41. The first kappa shape index (κ1) is 16.1. The number of hydrogen-bond donors (Lipinski definition) is 0. The van der Waals surface area contributed by atoms with Crippen molar-refractivity contribution in [2.45, 2.75) is 30.6 Å². The Kier molecular flexibility index (Phi) is 4.50. The van der Waals surface area contributed by atoms with Gasteiger partial charge in [-0.25, -0.2) is 8.42 Å². The summed E-state index contributed by atoms with van der Waals surface area (Å²) in [6.07, 6.45) is 4.73. The lowest BCUT2D eigenvalue weighted by Gasteiger charge is -2.06. The van der Waals surface area contributed by atoms with Crippen LogP contribution in [0, 0.1) is 0 Å². The van der Waals surface area contributed by atoms with Crippen molar-refractivity contribution < 1.29 is 13.2 Å². The van der Waals surface area contributed by atoms with Crippen LogP contribution < -0.4 is 4.80 Å². The number of nitrogens with zero attached hydrogens (tertiary/aromatic N) is 2. The number of carbonyl (C=O) groups excluding carboxylic acids is 1. The fraction of sp³-hybridized carbons (Fsp3) is 0.375. The van der Waals surface area contributed by atoms with Gasteiger partial charge in [-0.1, -0.05) is 6.07 Å². The lowest BCUT2D eigenvalue weighted by Crippen LogP contribution is -2.15. The summed E-state index contributed by atoms with van der Waals surface area (Å²) in [5.41, 5.74) is 2.35. The molecule has 1 heterocycles. The van der Waals surface area contributed by atoms with Crippen LogP contribution in [0.5, 0.6) is 0 Å². The predicted octanol–water partition coefficient (Wildman–Crippen LogP) is 1.87. The number of sulfone groups is 1. The zero-order valence-electron chi connectivity index (χ0n) is 12.9. The normalized spacial score (nSPS) is 14.9. The van der Waals surface area contributed by atoms with Crippen molar-refractivity contribution in [2.24, 2.45) is 12.0 Å². The maximum absolute atomic E-state index is 12.4. The summed E-state index contributed by atoms with van der Waals surface area (Å²) in [7, 11) is -1.65. The molecule has 0 atom stereocenters. The summed E-state index contributed by atoms with van der Waals surface area (Å²) in [5.74, 6) is -0.615. The van der Waals surface area contributed by atoms with Gasteiger partial charge in [0.25, 0.3) is 0 Å². The Hall–Kier alpha value is -1.73. The van der Waals surface area contributed by atoms with E-state index in [9.17, 15) is 13.2 Å². The number of rotatable bonds is 4. The van der Waals surface area contributed by atoms with Crippen molar-refractivity contribution in [1.82, 2.24) is 4.57 Å². The molecule has 1 amide bonds. The summed E-state index contributed by atoms with van der Waals surface area (Å²) in [4.78, 5) is 16.7. The summed E-state index contributed by atoms with van der Waals surface area (Å²) in [5, 5.41) is 1.83. The van der Waals surface area contributed by atoms with Gasteiger partial charge in [0, 0.05) is 25.0 Å². The second-order valence-corrected chi connectivity index (χ2v) is 8.64. The topological polar surface area (TPSA) is 68.5 Å². The first-order valence-corrected chi connectivity index (χ1v) is 10.0. The molecule has 1 aliphatic carbocycles. The van der Waals surface area contributed by atoms with Gasteiger partial charge < -0.3 is 4.57 Å². The Bertz CT molecular complexity index is 907. The second-order valence-electron chi connectivity index (χ2n) is 5.65. The van der Waals surface area contributed by atoms with E-state index in [1.807, 2.05) is 11.4 Å². The van der Waals surface area contributed by atoms with Gasteiger partial charge in [-0.05, 0) is 42.5 Å². The minimum Gasteiger partial charge on any atom is -0.327 e. The Labute approximate surface area is 139 Å². The predicted molar refractivity (Wildman–Crippen MR) is 89.0 cm³/mol. The van der Waals surface area contributed by atoms with Gasteiger partial charge in [0.05, 0.1) is 10.6 Å². The minimum atomic E-state index is -3.45. The highest BCUT2D eigenvalue weighted by atomic mass is 32.2. The van der Waals surface area contributed by atoms with Crippen molar-refractivity contribution in [2.75, 3.05) is 5.75 Å². The van der Waals surface area contributed by atoms with Crippen LogP contribution >= 0.6 is 11.3 Å². The Morgan fingerprint density at radius 1 is 1.30 bits per heavy atom. The van der Waals surface area contributed by atoms with Crippen molar-refractivity contribution in [1.29, 1.82) is 0 Å². The van der Waals surface area contributed by atoms with Gasteiger partial charge in [0.15, 0.2) is 14.6 Å². The van der Waals surface area contributed by atoms with E-state index in [-0.39, 0.29) is 12.2 Å². The number of hydrogen-bond acceptors (Lipinski definition) is 4. The maximum atomic E-state index is 12.4. The number of aromatic nitrogens is 1. The van der Waals surface area contributed by atoms with Crippen LogP contribution in [0.15, 0.2) is 39.7 Å². The first-order chi connectivity index (χ1) is 11.0. The Morgan fingerprint density at radius 2 is 2.09 bits per heavy atom. The highest BCUT2D eigenvalue weighted by molar-refractivity contribution is 7.91. The Morgan fingerprint density at radius 3 is 2.83 bits per heavy atom. The molecule has 1 aromatic heterocycles. The van der Waals surface area contributed by atoms with Gasteiger partial charge in [0.1, 0.15) is 0 Å². The molecular weight excluding hydrogens is 332 g/mol. The van der Waals surface area contributed by atoms with E-state index < -0.39 is 15.7 Å². The van der Waals surface area contributed by atoms with Crippen molar-refractivity contribution >= 4 is 27.1 Å². The summed E-state index contributed by atoms with van der Waals surface area (Å²) >= 11 is 1.35. The molecule has 0 radical (unpaired) electrons. The van der Waals surface area contributed by atoms with Crippen molar-refractivity contribution in [3.8, 4) is 0 Å². The van der Waals surface area contributed by atoms with Crippen LogP contribution in [-0.2, 0) is 34.5 Å². The lowest BCUT2D eigenvalue weighted by atomic mass is 10.1. The van der Waals surface area contributed by atoms with Crippen molar-refractivity contribution in [3.63, 3.8) is 0 Å². The Balaban J connectivity index is 1.72. The third kappa shape index (κ3) is 3.61. The third-order valence-corrected chi connectivity index (χ3v) is 6.56. The van der Waals surface area contributed by atoms with E-state index in [1.165, 1.54) is 16.9 Å². The van der Waals surface area contributed by atoms with E-state index in [0.29, 0.717) is 9.70 Å². The minimum absolute atomic E-state index is 0.0999. The van der Waals surface area contributed by atoms with E-state index in [1.54, 1.807) is 29.9 Å². The smallest absolute Gasteiger partial charge is 0.249 e. The number of aryl methyl sites for hydroxylation is 3. The number of thiazole rings is 1. The standard InChI is InChI=1S/C16H18N2O3S2/c1-18-8-9-22-16(18)17-15(19)7-10-23(20,21)14-6-5-12-3-2-4-13(12)11-14/h5-6,8-9,11H,2-4,7,10H2,1H3. The van der Waals surface area contributed by atoms with Crippen LogP contribution in [0.25, 0.3) is 0 Å². The highest BCUT2D eigenvalue weighted by Crippen LogP contribution is 2.25. The van der Waals surface area contributed by atoms with Gasteiger partial charge in [0.2, 0.25) is 5.91 Å². The van der Waals surface area contributed by atoms with E-state index in [4.69, 9.17) is 0 Å². The average Bonchev–Trinajstić information content (AvgIpc) is 3.14.